The first-order valence-electron chi connectivity index (χ1n) is 8.02. The number of likely N-dealkylation sites (N-methyl/N-ethyl adjacent to an activating group) is 1. The van der Waals surface area contributed by atoms with E-state index in [0.29, 0.717) is 11.7 Å². The maximum Gasteiger partial charge on any atom is 0.355 e. The first-order valence-corrected chi connectivity index (χ1v) is 8.02. The Morgan fingerprint density at radius 1 is 1.41 bits per heavy atom. The van der Waals surface area contributed by atoms with Crippen molar-refractivity contribution < 1.29 is 9.53 Å². The minimum absolute atomic E-state index is 0.319. The van der Waals surface area contributed by atoms with Crippen LogP contribution in [0.3, 0.4) is 0 Å². The third-order valence-electron chi connectivity index (χ3n) is 4.59. The lowest BCUT2D eigenvalue weighted by Gasteiger charge is -2.34. The van der Waals surface area contributed by atoms with Crippen molar-refractivity contribution in [2.24, 2.45) is 0 Å². The molecule has 1 fully saturated rings. The van der Waals surface area contributed by atoms with Crippen molar-refractivity contribution in [1.82, 2.24) is 14.3 Å². The van der Waals surface area contributed by atoms with E-state index in [1.165, 1.54) is 26.4 Å². The molecule has 3 heterocycles. The predicted molar refractivity (Wildman–Crippen MR) is 85.1 cm³/mol. The lowest BCUT2D eigenvalue weighted by molar-refractivity contribution is 0.0591. The molecule has 0 aromatic carbocycles. The van der Waals surface area contributed by atoms with Crippen LogP contribution >= 0.6 is 0 Å². The van der Waals surface area contributed by atoms with Gasteiger partial charge in [0.1, 0.15) is 11.5 Å². The summed E-state index contributed by atoms with van der Waals surface area (Å²) >= 11 is 0. The third-order valence-corrected chi connectivity index (χ3v) is 4.59. The normalized spacial score (nSPS) is 19.5. The molecule has 5 heteroatoms. The molecule has 5 nitrogen and oxygen atoms in total. The van der Waals surface area contributed by atoms with E-state index < -0.39 is 0 Å². The molecule has 1 aliphatic rings. The molecule has 118 valence electrons. The van der Waals surface area contributed by atoms with E-state index in [2.05, 4.69) is 16.8 Å². The van der Waals surface area contributed by atoms with Gasteiger partial charge in [0.25, 0.3) is 0 Å². The molecule has 1 aliphatic heterocycles. The van der Waals surface area contributed by atoms with Crippen molar-refractivity contribution in [3.05, 3.63) is 35.9 Å². The summed E-state index contributed by atoms with van der Waals surface area (Å²) in [5.41, 5.74) is 1.49. The number of likely N-dealkylation sites (tertiary alicyclic amines) is 1. The summed E-state index contributed by atoms with van der Waals surface area (Å²) < 4.78 is 6.84. The number of methoxy groups -OCH3 is 1. The van der Waals surface area contributed by atoms with Crippen molar-refractivity contribution in [2.45, 2.75) is 38.6 Å². The van der Waals surface area contributed by atoms with Gasteiger partial charge in [-0.25, -0.2) is 9.78 Å². The van der Waals surface area contributed by atoms with Gasteiger partial charge in [0.15, 0.2) is 0 Å². The number of ether oxygens (including phenoxy) is 1. The Hall–Kier alpha value is -1.88. The molecule has 3 rings (SSSR count). The smallest absolute Gasteiger partial charge is 0.355 e. The Bertz CT molecular complexity index is 665. The Labute approximate surface area is 130 Å². The molecule has 0 amide bonds. The number of hydrogen-bond donors (Lipinski definition) is 0. The van der Waals surface area contributed by atoms with Crippen molar-refractivity contribution in [3.8, 4) is 0 Å². The maximum absolute atomic E-state index is 12.0. The van der Waals surface area contributed by atoms with Crippen LogP contribution in [0.5, 0.6) is 0 Å². The zero-order valence-corrected chi connectivity index (χ0v) is 13.3. The summed E-state index contributed by atoms with van der Waals surface area (Å²) in [6.07, 6.45) is 6.45. The average Bonchev–Trinajstić information content (AvgIpc) is 2.98. The fraction of sp³-hybridized carbons (Fsp3) is 0.529. The van der Waals surface area contributed by atoms with Crippen LogP contribution in [0, 0.1) is 0 Å². The summed E-state index contributed by atoms with van der Waals surface area (Å²) in [6, 6.07) is 6.14. The highest BCUT2D eigenvalue weighted by Gasteiger charge is 2.24. The van der Waals surface area contributed by atoms with Crippen LogP contribution in [0.2, 0.25) is 0 Å². The first-order chi connectivity index (χ1) is 10.7. The van der Waals surface area contributed by atoms with Gasteiger partial charge in [-0.05, 0) is 38.1 Å². The summed E-state index contributed by atoms with van der Waals surface area (Å²) in [5, 5.41) is 0. The summed E-state index contributed by atoms with van der Waals surface area (Å²) in [4.78, 5) is 19.1. The second kappa shape index (κ2) is 6.48. The summed E-state index contributed by atoms with van der Waals surface area (Å²) in [5.74, 6) is 0.627. The maximum atomic E-state index is 12.0. The number of esters is 1. The van der Waals surface area contributed by atoms with E-state index in [-0.39, 0.29) is 5.97 Å². The van der Waals surface area contributed by atoms with E-state index in [4.69, 9.17) is 4.74 Å². The number of nitrogens with zero attached hydrogens (tertiary/aromatic N) is 3. The lowest BCUT2D eigenvalue weighted by atomic mass is 9.99. The molecule has 0 spiro atoms. The molecule has 0 aliphatic carbocycles. The zero-order valence-electron chi connectivity index (χ0n) is 13.3. The number of imidazole rings is 1. The number of hydrogen-bond acceptors (Lipinski definition) is 4. The summed E-state index contributed by atoms with van der Waals surface area (Å²) in [7, 11) is 1.41. The number of fused-ring (bicyclic) bond motifs is 1. The van der Waals surface area contributed by atoms with E-state index in [1.807, 2.05) is 22.7 Å². The lowest BCUT2D eigenvalue weighted by Crippen LogP contribution is -2.41. The standard InChI is InChI=1S/C17H23N3O2/c1-3-19-10-5-4-7-13(19)11-16-18-12-14-8-6-9-15(20(14)16)17(21)22-2/h6,8-9,12-13H,3-5,7,10-11H2,1-2H3. The van der Waals surface area contributed by atoms with Crippen LogP contribution in [0.4, 0.5) is 0 Å². The molecule has 1 unspecified atom stereocenters. The first kappa shape index (κ1) is 15.0. The van der Waals surface area contributed by atoms with Crippen molar-refractivity contribution in [3.63, 3.8) is 0 Å². The van der Waals surface area contributed by atoms with Gasteiger partial charge in [0, 0.05) is 12.5 Å². The number of carbonyl (C=O) groups is 1. The van der Waals surface area contributed by atoms with Gasteiger partial charge in [0.05, 0.1) is 18.8 Å². The SMILES string of the molecule is CCN1CCCCC1Cc1ncc2cccc(C(=O)OC)n12. The highest BCUT2D eigenvalue weighted by molar-refractivity contribution is 5.88. The number of pyridine rings is 1. The molecule has 0 N–H and O–H groups in total. The van der Waals surface area contributed by atoms with E-state index in [1.54, 1.807) is 6.07 Å². The molecule has 2 aromatic heterocycles. The fourth-order valence-electron chi connectivity index (χ4n) is 3.44. The van der Waals surface area contributed by atoms with Crippen LogP contribution in [-0.2, 0) is 11.2 Å². The third kappa shape index (κ3) is 2.73. The van der Waals surface area contributed by atoms with Crippen molar-refractivity contribution in [1.29, 1.82) is 0 Å². The van der Waals surface area contributed by atoms with Gasteiger partial charge in [-0.1, -0.05) is 19.4 Å². The van der Waals surface area contributed by atoms with Crippen molar-refractivity contribution in [2.75, 3.05) is 20.2 Å². The van der Waals surface area contributed by atoms with Crippen LogP contribution in [0.25, 0.3) is 5.52 Å². The van der Waals surface area contributed by atoms with Crippen LogP contribution < -0.4 is 0 Å². The molecule has 1 atom stereocenters. The molecular formula is C17H23N3O2. The second-order valence-electron chi connectivity index (χ2n) is 5.82. The Morgan fingerprint density at radius 2 is 2.27 bits per heavy atom. The van der Waals surface area contributed by atoms with Gasteiger partial charge >= 0.3 is 5.97 Å². The van der Waals surface area contributed by atoms with E-state index in [0.717, 1.165) is 30.9 Å². The van der Waals surface area contributed by atoms with Gasteiger partial charge in [0.2, 0.25) is 0 Å². The molecular weight excluding hydrogens is 278 g/mol. The number of aromatic nitrogens is 2. The Kier molecular flexibility index (Phi) is 4.43. The van der Waals surface area contributed by atoms with Crippen LogP contribution in [0.1, 0.15) is 42.5 Å². The van der Waals surface area contributed by atoms with Crippen molar-refractivity contribution >= 4 is 11.5 Å². The zero-order chi connectivity index (χ0) is 15.5. The quantitative estimate of drug-likeness (QED) is 0.814. The molecule has 0 bridgehead atoms. The Balaban J connectivity index is 1.95. The van der Waals surface area contributed by atoms with Gasteiger partial charge in [-0.15, -0.1) is 0 Å². The average molecular weight is 301 g/mol. The van der Waals surface area contributed by atoms with E-state index >= 15 is 0 Å². The molecule has 0 saturated carbocycles. The van der Waals surface area contributed by atoms with E-state index in [9.17, 15) is 4.79 Å². The molecule has 0 radical (unpaired) electrons. The number of piperidine rings is 1. The fourth-order valence-corrected chi connectivity index (χ4v) is 3.44. The predicted octanol–water partition coefficient (Wildman–Crippen LogP) is 2.54. The van der Waals surface area contributed by atoms with Gasteiger partial charge < -0.3 is 9.64 Å². The molecule has 22 heavy (non-hydrogen) atoms. The monoisotopic (exact) mass is 301 g/mol. The topological polar surface area (TPSA) is 46.8 Å². The number of carbonyl (C=O) groups excluding carboxylic acids is 1. The summed E-state index contributed by atoms with van der Waals surface area (Å²) in [6.45, 7) is 4.44. The highest BCUT2D eigenvalue weighted by atomic mass is 16.5. The minimum atomic E-state index is -0.319. The highest BCUT2D eigenvalue weighted by Crippen LogP contribution is 2.21. The van der Waals surface area contributed by atoms with Crippen LogP contribution in [-0.4, -0.2) is 46.5 Å². The second-order valence-corrected chi connectivity index (χ2v) is 5.82. The van der Waals surface area contributed by atoms with Gasteiger partial charge in [-0.3, -0.25) is 4.40 Å². The molecule has 1 saturated heterocycles. The van der Waals surface area contributed by atoms with Crippen LogP contribution in [0.15, 0.2) is 24.4 Å². The minimum Gasteiger partial charge on any atom is -0.464 e. The Morgan fingerprint density at radius 3 is 3.05 bits per heavy atom. The largest absolute Gasteiger partial charge is 0.464 e. The van der Waals surface area contributed by atoms with Gasteiger partial charge in [-0.2, -0.15) is 0 Å². The molecule has 2 aromatic rings. The number of rotatable bonds is 4.